The molecule has 1 heterocycles. The maximum Gasteiger partial charge on any atom is 0.422 e. The molecule has 0 aliphatic carbocycles. The Labute approximate surface area is 127 Å². The van der Waals surface area contributed by atoms with Crippen molar-refractivity contribution < 1.29 is 27.4 Å². The fourth-order valence-electron chi connectivity index (χ4n) is 2.40. The van der Waals surface area contributed by atoms with Crippen LogP contribution in [0.4, 0.5) is 18.9 Å². The number of nitrogens with one attached hydrogen (secondary N) is 1. The van der Waals surface area contributed by atoms with E-state index in [1.165, 1.54) is 6.07 Å². The topological polar surface area (TPSA) is 39.7 Å². The number of alkyl halides is 3. The van der Waals surface area contributed by atoms with Crippen LogP contribution >= 0.6 is 0 Å². The van der Waals surface area contributed by atoms with Crippen LogP contribution in [0.15, 0.2) is 24.3 Å². The molecule has 1 aliphatic rings. The Balaban J connectivity index is 1.93. The van der Waals surface area contributed by atoms with Crippen molar-refractivity contribution in [2.24, 2.45) is 5.92 Å². The van der Waals surface area contributed by atoms with Gasteiger partial charge in [0, 0.05) is 26.2 Å². The third-order valence-electron chi connectivity index (χ3n) is 3.57. The molecular weight excluding hydrogens is 299 g/mol. The summed E-state index contributed by atoms with van der Waals surface area (Å²) >= 11 is 0. The Morgan fingerprint density at radius 1 is 1.36 bits per heavy atom. The van der Waals surface area contributed by atoms with E-state index in [0.29, 0.717) is 24.8 Å². The van der Waals surface area contributed by atoms with Gasteiger partial charge in [0.05, 0.1) is 18.4 Å². The zero-order chi connectivity index (χ0) is 16.0. The highest BCUT2D eigenvalue weighted by molar-refractivity contribution is 5.56. The van der Waals surface area contributed by atoms with E-state index in [1.807, 2.05) is 0 Å². The molecule has 1 saturated heterocycles. The molecule has 7 heteroatoms. The Kier molecular flexibility index (Phi) is 5.90. The van der Waals surface area contributed by atoms with Gasteiger partial charge in [-0.15, -0.1) is 0 Å². The number of para-hydroxylation sites is 2. The first kappa shape index (κ1) is 16.9. The van der Waals surface area contributed by atoms with Gasteiger partial charge in [-0.05, 0) is 18.6 Å². The van der Waals surface area contributed by atoms with E-state index in [-0.39, 0.29) is 11.9 Å². The van der Waals surface area contributed by atoms with Crippen molar-refractivity contribution >= 4 is 5.69 Å². The lowest BCUT2D eigenvalue weighted by Gasteiger charge is -2.22. The molecule has 0 unspecified atom stereocenters. The molecule has 1 aromatic carbocycles. The maximum absolute atomic E-state index is 12.3. The normalized spacial score (nSPS) is 19.9. The first-order valence-electron chi connectivity index (χ1n) is 7.12. The highest BCUT2D eigenvalue weighted by atomic mass is 19.4. The summed E-state index contributed by atoms with van der Waals surface area (Å²) in [5.74, 6) is 0.470. The Morgan fingerprint density at radius 3 is 2.77 bits per heavy atom. The molecule has 4 nitrogen and oxygen atoms in total. The first-order chi connectivity index (χ1) is 10.5. The molecule has 0 amide bonds. The third kappa shape index (κ3) is 5.06. The molecule has 0 spiro atoms. The number of methoxy groups -OCH3 is 1. The number of hydrogen-bond donors (Lipinski definition) is 1. The minimum absolute atomic E-state index is 0.0572. The predicted octanol–water partition coefficient (Wildman–Crippen LogP) is 3.09. The number of anilines is 1. The quantitative estimate of drug-likeness (QED) is 0.838. The van der Waals surface area contributed by atoms with Crippen LogP contribution in [0.3, 0.4) is 0 Å². The molecule has 22 heavy (non-hydrogen) atoms. The summed E-state index contributed by atoms with van der Waals surface area (Å²) in [5, 5.41) is 3.10. The second-order valence-corrected chi connectivity index (χ2v) is 5.18. The largest absolute Gasteiger partial charge is 0.482 e. The van der Waals surface area contributed by atoms with Crippen LogP contribution in [0.5, 0.6) is 5.75 Å². The standard InChI is InChI=1S/C15H20F3NO3/c1-20-14(11-6-7-21-9-11)8-19-12-4-2-3-5-13(12)22-10-15(16,17)18/h2-5,11,14,19H,6-10H2,1H3/t11-,14+/m1/s1. The van der Waals surface area contributed by atoms with Gasteiger partial charge in [0.25, 0.3) is 0 Å². The number of ether oxygens (including phenoxy) is 3. The van der Waals surface area contributed by atoms with Gasteiger partial charge in [0.2, 0.25) is 0 Å². The molecule has 0 bridgehead atoms. The van der Waals surface area contributed by atoms with Crippen molar-refractivity contribution in [2.75, 3.05) is 38.8 Å². The van der Waals surface area contributed by atoms with E-state index in [2.05, 4.69) is 5.32 Å². The summed E-state index contributed by atoms with van der Waals surface area (Å²) in [4.78, 5) is 0. The number of hydrogen-bond acceptors (Lipinski definition) is 4. The van der Waals surface area contributed by atoms with Crippen LogP contribution < -0.4 is 10.1 Å². The van der Waals surface area contributed by atoms with Crippen molar-refractivity contribution in [1.29, 1.82) is 0 Å². The van der Waals surface area contributed by atoms with Crippen LogP contribution in [0.2, 0.25) is 0 Å². The van der Waals surface area contributed by atoms with E-state index >= 15 is 0 Å². The molecule has 2 rings (SSSR count). The third-order valence-corrected chi connectivity index (χ3v) is 3.57. The molecule has 0 saturated carbocycles. The number of benzene rings is 1. The molecule has 2 atom stereocenters. The smallest absolute Gasteiger partial charge is 0.422 e. The minimum atomic E-state index is -4.36. The van der Waals surface area contributed by atoms with E-state index in [1.54, 1.807) is 25.3 Å². The highest BCUT2D eigenvalue weighted by Gasteiger charge is 2.29. The summed E-state index contributed by atoms with van der Waals surface area (Å²) in [6.45, 7) is 0.537. The number of rotatable bonds is 7. The van der Waals surface area contributed by atoms with Gasteiger partial charge >= 0.3 is 6.18 Å². The molecule has 124 valence electrons. The second kappa shape index (κ2) is 7.69. The molecule has 1 N–H and O–H groups in total. The first-order valence-corrected chi connectivity index (χ1v) is 7.12. The second-order valence-electron chi connectivity index (χ2n) is 5.18. The van der Waals surface area contributed by atoms with Crippen molar-refractivity contribution in [1.82, 2.24) is 0 Å². The van der Waals surface area contributed by atoms with E-state index in [4.69, 9.17) is 14.2 Å². The summed E-state index contributed by atoms with van der Waals surface area (Å²) in [6, 6.07) is 6.57. The fraction of sp³-hybridized carbons (Fsp3) is 0.600. The lowest BCUT2D eigenvalue weighted by atomic mass is 10.0. The van der Waals surface area contributed by atoms with Crippen LogP contribution in [0, 0.1) is 5.92 Å². The summed E-state index contributed by atoms with van der Waals surface area (Å²) in [5.41, 5.74) is 0.521. The maximum atomic E-state index is 12.3. The van der Waals surface area contributed by atoms with Gasteiger partial charge in [-0.25, -0.2) is 0 Å². The summed E-state index contributed by atoms with van der Waals surface area (Å²) in [6.07, 6.45) is -3.49. The van der Waals surface area contributed by atoms with Gasteiger partial charge in [-0.2, -0.15) is 13.2 Å². The Morgan fingerprint density at radius 2 is 2.14 bits per heavy atom. The minimum Gasteiger partial charge on any atom is -0.482 e. The van der Waals surface area contributed by atoms with Gasteiger partial charge in [0.1, 0.15) is 5.75 Å². The molecule has 0 radical (unpaired) electrons. The number of halogens is 3. The molecular formula is C15H20F3NO3. The lowest BCUT2D eigenvalue weighted by molar-refractivity contribution is -0.153. The van der Waals surface area contributed by atoms with E-state index in [0.717, 1.165) is 13.0 Å². The monoisotopic (exact) mass is 319 g/mol. The van der Waals surface area contributed by atoms with Crippen molar-refractivity contribution in [3.05, 3.63) is 24.3 Å². The van der Waals surface area contributed by atoms with Crippen molar-refractivity contribution in [3.8, 4) is 5.75 Å². The van der Waals surface area contributed by atoms with Gasteiger partial charge in [-0.1, -0.05) is 12.1 Å². The molecule has 1 aliphatic heterocycles. The average Bonchev–Trinajstić information content (AvgIpc) is 3.00. The lowest BCUT2D eigenvalue weighted by Crippen LogP contribution is -2.31. The molecule has 1 fully saturated rings. The summed E-state index contributed by atoms with van der Waals surface area (Å²) < 4.78 is 52.4. The zero-order valence-corrected chi connectivity index (χ0v) is 12.4. The zero-order valence-electron chi connectivity index (χ0n) is 12.4. The van der Waals surface area contributed by atoms with Crippen LogP contribution in [0.1, 0.15) is 6.42 Å². The SMILES string of the molecule is CO[C@@H](CNc1ccccc1OCC(F)(F)F)[C@@H]1CCOC1. The van der Waals surface area contributed by atoms with Crippen LogP contribution in [-0.4, -0.2) is 45.8 Å². The van der Waals surface area contributed by atoms with E-state index in [9.17, 15) is 13.2 Å². The molecule has 0 aromatic heterocycles. The van der Waals surface area contributed by atoms with E-state index < -0.39 is 12.8 Å². The summed E-state index contributed by atoms with van der Waals surface area (Å²) in [7, 11) is 1.62. The van der Waals surface area contributed by atoms with Crippen molar-refractivity contribution in [2.45, 2.75) is 18.7 Å². The molecule has 1 aromatic rings. The van der Waals surface area contributed by atoms with Crippen LogP contribution in [-0.2, 0) is 9.47 Å². The fourth-order valence-corrected chi connectivity index (χ4v) is 2.40. The van der Waals surface area contributed by atoms with Crippen LogP contribution in [0.25, 0.3) is 0 Å². The van der Waals surface area contributed by atoms with Gasteiger partial charge in [-0.3, -0.25) is 0 Å². The van der Waals surface area contributed by atoms with Crippen molar-refractivity contribution in [3.63, 3.8) is 0 Å². The van der Waals surface area contributed by atoms with Gasteiger partial charge in [0.15, 0.2) is 6.61 Å². The predicted molar refractivity (Wildman–Crippen MR) is 76.2 cm³/mol. The Bertz CT molecular complexity index is 462. The average molecular weight is 319 g/mol. The highest BCUT2D eigenvalue weighted by Crippen LogP contribution is 2.27. The van der Waals surface area contributed by atoms with Gasteiger partial charge < -0.3 is 19.5 Å². The Hall–Kier alpha value is -1.47.